The predicted molar refractivity (Wildman–Crippen MR) is 55.1 cm³/mol. The van der Waals surface area contributed by atoms with Gasteiger partial charge in [-0.25, -0.2) is 0 Å². The average Bonchev–Trinajstić information content (AvgIpc) is 2.27. The molecule has 0 atom stereocenters. The molecule has 0 heterocycles. The summed E-state index contributed by atoms with van der Waals surface area (Å²) in [6.07, 6.45) is 12.9. The van der Waals surface area contributed by atoms with Crippen LogP contribution in [-0.2, 0) is 0 Å². The summed E-state index contributed by atoms with van der Waals surface area (Å²) in [6, 6.07) is 0. The van der Waals surface area contributed by atoms with Crippen LogP contribution in [0.3, 0.4) is 0 Å². The Morgan fingerprint density at radius 2 is 1.92 bits per heavy atom. The van der Waals surface area contributed by atoms with Crippen molar-refractivity contribution in [1.82, 2.24) is 0 Å². The molecule has 0 unspecified atom stereocenters. The van der Waals surface area contributed by atoms with Crippen LogP contribution in [0.25, 0.3) is 0 Å². The lowest BCUT2D eigenvalue weighted by atomic mass is 10.0. The molecule has 0 heteroatoms. The van der Waals surface area contributed by atoms with E-state index in [1.54, 1.807) is 0 Å². The Hall–Kier alpha value is -0.780. The van der Waals surface area contributed by atoms with Gasteiger partial charge in [0.05, 0.1) is 0 Å². The zero-order chi connectivity index (χ0) is 8.81. The van der Waals surface area contributed by atoms with Gasteiger partial charge in [0.1, 0.15) is 0 Å². The van der Waals surface area contributed by atoms with Gasteiger partial charge in [0, 0.05) is 0 Å². The fourth-order valence-electron chi connectivity index (χ4n) is 1.58. The van der Waals surface area contributed by atoms with Gasteiger partial charge in [-0.2, -0.15) is 0 Å². The van der Waals surface area contributed by atoms with E-state index in [2.05, 4.69) is 31.7 Å². The lowest BCUT2D eigenvalue weighted by Gasteiger charge is -2.03. The smallest absolute Gasteiger partial charge is 0.0276 e. The molecule has 1 fully saturated rings. The second-order valence-corrected chi connectivity index (χ2v) is 3.38. The van der Waals surface area contributed by atoms with Crippen molar-refractivity contribution in [3.8, 4) is 0 Å². The first-order valence-electron chi connectivity index (χ1n) is 4.84. The SMILES string of the molecule is C=C1CCCCC/C1=C/C=C\C. The van der Waals surface area contributed by atoms with Crippen LogP contribution in [0.2, 0.25) is 0 Å². The summed E-state index contributed by atoms with van der Waals surface area (Å²) in [7, 11) is 0. The Balaban J connectivity index is 2.65. The molecule has 0 aliphatic heterocycles. The summed E-state index contributed by atoms with van der Waals surface area (Å²) < 4.78 is 0. The summed E-state index contributed by atoms with van der Waals surface area (Å²) in [5.41, 5.74) is 2.82. The molecule has 0 N–H and O–H groups in total. The fourth-order valence-corrected chi connectivity index (χ4v) is 1.58. The molecule has 0 aromatic rings. The van der Waals surface area contributed by atoms with Crippen LogP contribution in [0.5, 0.6) is 0 Å². The van der Waals surface area contributed by atoms with E-state index < -0.39 is 0 Å². The molecule has 1 saturated carbocycles. The summed E-state index contributed by atoms with van der Waals surface area (Å²) in [5.74, 6) is 0. The minimum Gasteiger partial charge on any atom is -0.0956 e. The number of allylic oxidation sites excluding steroid dienone is 5. The van der Waals surface area contributed by atoms with Crippen LogP contribution in [0.4, 0.5) is 0 Å². The average molecular weight is 162 g/mol. The normalized spacial score (nSPS) is 23.4. The lowest BCUT2D eigenvalue weighted by molar-refractivity contribution is 0.719. The van der Waals surface area contributed by atoms with Gasteiger partial charge in [-0.3, -0.25) is 0 Å². The first kappa shape index (κ1) is 9.31. The largest absolute Gasteiger partial charge is 0.0956 e. The van der Waals surface area contributed by atoms with Crippen LogP contribution in [-0.4, -0.2) is 0 Å². The fraction of sp³-hybridized carbons (Fsp3) is 0.500. The number of rotatable bonds is 1. The topological polar surface area (TPSA) is 0 Å². The molecular formula is C12H18. The van der Waals surface area contributed by atoms with E-state index in [0.29, 0.717) is 0 Å². The highest BCUT2D eigenvalue weighted by molar-refractivity contribution is 5.32. The molecule has 1 rings (SSSR count). The van der Waals surface area contributed by atoms with Gasteiger partial charge in [-0.15, -0.1) is 0 Å². The summed E-state index contributed by atoms with van der Waals surface area (Å²) in [4.78, 5) is 0. The van der Waals surface area contributed by atoms with E-state index in [9.17, 15) is 0 Å². The van der Waals surface area contributed by atoms with Gasteiger partial charge < -0.3 is 0 Å². The van der Waals surface area contributed by atoms with E-state index >= 15 is 0 Å². The maximum Gasteiger partial charge on any atom is -0.0276 e. The van der Waals surface area contributed by atoms with Gasteiger partial charge in [0.2, 0.25) is 0 Å². The third-order valence-corrected chi connectivity index (χ3v) is 2.37. The van der Waals surface area contributed by atoms with Crippen molar-refractivity contribution < 1.29 is 0 Å². The van der Waals surface area contributed by atoms with Gasteiger partial charge in [0.25, 0.3) is 0 Å². The van der Waals surface area contributed by atoms with Crippen molar-refractivity contribution in [2.24, 2.45) is 0 Å². The van der Waals surface area contributed by atoms with Crippen molar-refractivity contribution in [2.45, 2.75) is 39.0 Å². The Morgan fingerprint density at radius 1 is 1.17 bits per heavy atom. The first-order chi connectivity index (χ1) is 5.84. The van der Waals surface area contributed by atoms with Crippen molar-refractivity contribution in [1.29, 1.82) is 0 Å². The Bertz CT molecular complexity index is 206. The van der Waals surface area contributed by atoms with Crippen molar-refractivity contribution in [3.63, 3.8) is 0 Å². The summed E-state index contributed by atoms with van der Waals surface area (Å²) >= 11 is 0. The van der Waals surface area contributed by atoms with Gasteiger partial charge >= 0.3 is 0 Å². The Morgan fingerprint density at radius 3 is 2.67 bits per heavy atom. The standard InChI is InChI=1S/C12H18/c1-3-4-9-12-10-7-5-6-8-11(12)2/h3-4,9H,2,5-8,10H2,1H3/b4-3-,12-9-. The zero-order valence-corrected chi connectivity index (χ0v) is 7.97. The highest BCUT2D eigenvalue weighted by atomic mass is 14.1. The van der Waals surface area contributed by atoms with Crippen LogP contribution >= 0.6 is 0 Å². The molecule has 66 valence electrons. The number of hydrogen-bond donors (Lipinski definition) is 0. The minimum absolute atomic E-state index is 1.20. The molecule has 0 bridgehead atoms. The third-order valence-electron chi connectivity index (χ3n) is 2.37. The van der Waals surface area contributed by atoms with Gasteiger partial charge in [-0.1, -0.05) is 36.8 Å². The lowest BCUT2D eigenvalue weighted by Crippen LogP contribution is -1.83. The van der Waals surface area contributed by atoms with Crippen molar-refractivity contribution in [2.75, 3.05) is 0 Å². The van der Waals surface area contributed by atoms with E-state index in [1.165, 1.54) is 43.3 Å². The molecule has 0 spiro atoms. The van der Waals surface area contributed by atoms with Crippen molar-refractivity contribution in [3.05, 3.63) is 36.0 Å². The van der Waals surface area contributed by atoms with E-state index in [4.69, 9.17) is 0 Å². The molecule has 0 amide bonds. The van der Waals surface area contributed by atoms with Gasteiger partial charge in [-0.05, 0) is 38.2 Å². The summed E-state index contributed by atoms with van der Waals surface area (Å²) in [6.45, 7) is 6.16. The molecule has 1 aliphatic rings. The maximum absolute atomic E-state index is 4.11. The molecular weight excluding hydrogens is 144 g/mol. The first-order valence-corrected chi connectivity index (χ1v) is 4.84. The van der Waals surface area contributed by atoms with E-state index in [1.807, 2.05) is 0 Å². The molecule has 0 nitrogen and oxygen atoms in total. The van der Waals surface area contributed by atoms with Gasteiger partial charge in [0.15, 0.2) is 0 Å². The molecule has 0 saturated heterocycles. The summed E-state index contributed by atoms with van der Waals surface area (Å²) in [5, 5.41) is 0. The highest BCUT2D eigenvalue weighted by Crippen LogP contribution is 2.25. The Kier molecular flexibility index (Phi) is 3.86. The van der Waals surface area contributed by atoms with Crippen LogP contribution in [0.15, 0.2) is 36.0 Å². The minimum atomic E-state index is 1.20. The highest BCUT2D eigenvalue weighted by Gasteiger charge is 2.06. The molecule has 1 aliphatic carbocycles. The van der Waals surface area contributed by atoms with E-state index in [0.717, 1.165) is 0 Å². The molecule has 12 heavy (non-hydrogen) atoms. The Labute approximate surface area is 75.7 Å². The predicted octanol–water partition coefficient (Wildman–Crippen LogP) is 4.01. The monoisotopic (exact) mass is 162 g/mol. The van der Waals surface area contributed by atoms with Crippen LogP contribution in [0.1, 0.15) is 39.0 Å². The quantitative estimate of drug-likeness (QED) is 0.511. The van der Waals surface area contributed by atoms with Crippen molar-refractivity contribution >= 4 is 0 Å². The second kappa shape index (κ2) is 4.97. The van der Waals surface area contributed by atoms with Crippen LogP contribution in [0, 0.1) is 0 Å². The third kappa shape index (κ3) is 2.69. The zero-order valence-electron chi connectivity index (χ0n) is 7.97. The van der Waals surface area contributed by atoms with Crippen LogP contribution < -0.4 is 0 Å². The number of hydrogen-bond acceptors (Lipinski definition) is 0. The molecule has 0 radical (unpaired) electrons. The van der Waals surface area contributed by atoms with E-state index in [-0.39, 0.29) is 0 Å². The molecule has 0 aromatic carbocycles. The maximum atomic E-state index is 4.11. The second-order valence-electron chi connectivity index (χ2n) is 3.38. The molecule has 0 aromatic heterocycles.